The van der Waals surface area contributed by atoms with Crippen LogP contribution in [0, 0.1) is 10.1 Å². The number of ether oxygens (including phenoxy) is 1. The largest absolute Gasteiger partial charge is 0.469 e. The van der Waals surface area contributed by atoms with E-state index in [4.69, 9.17) is 23.2 Å². The van der Waals surface area contributed by atoms with Crippen LogP contribution in [-0.2, 0) is 9.53 Å². The summed E-state index contributed by atoms with van der Waals surface area (Å²) in [6.07, 6.45) is 0.151. The fourth-order valence-electron chi connectivity index (χ4n) is 1.33. The van der Waals surface area contributed by atoms with Gasteiger partial charge in [0, 0.05) is 11.3 Å². The van der Waals surface area contributed by atoms with E-state index in [0.29, 0.717) is 4.90 Å². The van der Waals surface area contributed by atoms with Crippen LogP contribution in [0.25, 0.3) is 0 Å². The summed E-state index contributed by atoms with van der Waals surface area (Å²) in [5.41, 5.74) is -0.129. The summed E-state index contributed by atoms with van der Waals surface area (Å²) in [4.78, 5) is 21.9. The van der Waals surface area contributed by atoms with E-state index < -0.39 is 4.92 Å². The lowest BCUT2D eigenvalue weighted by Crippen LogP contribution is -2.08. The first-order valence-electron chi connectivity index (χ1n) is 5.22. The molecule has 0 bridgehead atoms. The molecular formula is C11H11Cl2NO4S. The number of nitrogens with zero attached hydrogens (tertiary/aromatic N) is 1. The van der Waals surface area contributed by atoms with Gasteiger partial charge in [-0.25, -0.2) is 0 Å². The summed E-state index contributed by atoms with van der Waals surface area (Å²) in [5, 5.41) is 11.1. The summed E-state index contributed by atoms with van der Waals surface area (Å²) in [5.74, 6) is -0.372. The Kier molecular flexibility index (Phi) is 5.90. The minimum Gasteiger partial charge on any atom is -0.469 e. The maximum Gasteiger partial charge on any atom is 0.306 e. The molecule has 1 aromatic rings. The third-order valence-electron chi connectivity index (χ3n) is 2.21. The van der Waals surface area contributed by atoms with Crippen molar-refractivity contribution >= 4 is 46.6 Å². The molecule has 1 aromatic carbocycles. The maximum atomic E-state index is 11.1. The SMILES string of the molecule is COC(=O)CC(C)Sc1cc(Cl)c(Cl)cc1[N+](=O)[O-]. The van der Waals surface area contributed by atoms with Crippen molar-refractivity contribution in [2.45, 2.75) is 23.5 Å². The molecule has 0 N–H and O–H groups in total. The van der Waals surface area contributed by atoms with E-state index in [1.54, 1.807) is 6.92 Å². The van der Waals surface area contributed by atoms with Crippen LogP contribution in [0.4, 0.5) is 5.69 Å². The molecule has 1 rings (SSSR count). The number of nitro groups is 1. The standard InChI is InChI=1S/C11H11Cl2NO4S/c1-6(3-11(15)18-2)19-10-5-8(13)7(12)4-9(10)14(16)17/h4-6H,3H2,1-2H3. The van der Waals surface area contributed by atoms with E-state index >= 15 is 0 Å². The maximum absolute atomic E-state index is 11.1. The predicted octanol–water partition coefficient (Wildman–Crippen LogP) is 3.95. The summed E-state index contributed by atoms with van der Waals surface area (Å²) in [7, 11) is 1.29. The Morgan fingerprint density at radius 3 is 2.58 bits per heavy atom. The average Bonchev–Trinajstić information content (AvgIpc) is 2.32. The number of benzene rings is 1. The molecule has 5 nitrogen and oxygen atoms in total. The number of nitro benzene ring substituents is 1. The van der Waals surface area contributed by atoms with Crippen LogP contribution in [0.15, 0.2) is 17.0 Å². The lowest BCUT2D eigenvalue weighted by atomic mass is 10.3. The van der Waals surface area contributed by atoms with Gasteiger partial charge in [0.2, 0.25) is 0 Å². The number of methoxy groups -OCH3 is 1. The van der Waals surface area contributed by atoms with Crippen LogP contribution in [0.5, 0.6) is 0 Å². The molecule has 0 aliphatic carbocycles. The van der Waals surface area contributed by atoms with Gasteiger partial charge in [-0.1, -0.05) is 30.1 Å². The van der Waals surface area contributed by atoms with Crippen LogP contribution >= 0.6 is 35.0 Å². The van der Waals surface area contributed by atoms with Gasteiger partial charge in [0.25, 0.3) is 5.69 Å². The highest BCUT2D eigenvalue weighted by atomic mass is 35.5. The zero-order valence-electron chi connectivity index (χ0n) is 10.2. The molecular weight excluding hydrogens is 313 g/mol. The smallest absolute Gasteiger partial charge is 0.306 e. The molecule has 1 atom stereocenters. The monoisotopic (exact) mass is 323 g/mol. The molecule has 8 heteroatoms. The number of rotatable bonds is 5. The van der Waals surface area contributed by atoms with Gasteiger partial charge < -0.3 is 4.74 Å². The quantitative estimate of drug-likeness (QED) is 0.355. The van der Waals surface area contributed by atoms with Gasteiger partial charge in [-0.15, -0.1) is 11.8 Å². The van der Waals surface area contributed by atoms with Crippen molar-refractivity contribution in [1.29, 1.82) is 0 Å². The number of hydrogen-bond donors (Lipinski definition) is 0. The van der Waals surface area contributed by atoms with Crippen LogP contribution in [0.2, 0.25) is 10.0 Å². The Balaban J connectivity index is 2.96. The van der Waals surface area contributed by atoms with E-state index in [1.165, 1.54) is 31.0 Å². The molecule has 0 saturated heterocycles. The number of carbonyl (C=O) groups excluding carboxylic acids is 1. The van der Waals surface area contributed by atoms with Crippen molar-refractivity contribution in [2.24, 2.45) is 0 Å². The summed E-state index contributed by atoms with van der Waals surface area (Å²) in [6.45, 7) is 1.77. The number of carbonyl (C=O) groups is 1. The fourth-order valence-corrected chi connectivity index (χ4v) is 2.81. The van der Waals surface area contributed by atoms with Crippen LogP contribution in [0.3, 0.4) is 0 Å². The molecule has 0 saturated carbocycles. The summed E-state index contributed by atoms with van der Waals surface area (Å²) >= 11 is 12.8. The first kappa shape index (κ1) is 16.1. The molecule has 0 aromatic heterocycles. The van der Waals surface area contributed by atoms with E-state index in [-0.39, 0.29) is 33.4 Å². The van der Waals surface area contributed by atoms with Gasteiger partial charge in [-0.3, -0.25) is 14.9 Å². The molecule has 0 aliphatic rings. The Morgan fingerprint density at radius 2 is 2.05 bits per heavy atom. The Hall–Kier alpha value is -0.980. The molecule has 19 heavy (non-hydrogen) atoms. The van der Waals surface area contributed by atoms with Gasteiger partial charge >= 0.3 is 5.97 Å². The Labute approximate surface area is 124 Å². The van der Waals surface area contributed by atoms with Crippen LogP contribution in [-0.4, -0.2) is 23.3 Å². The Morgan fingerprint density at radius 1 is 1.47 bits per heavy atom. The summed E-state index contributed by atoms with van der Waals surface area (Å²) < 4.78 is 4.55. The lowest BCUT2D eigenvalue weighted by molar-refractivity contribution is -0.387. The zero-order valence-corrected chi connectivity index (χ0v) is 12.5. The second-order valence-electron chi connectivity index (χ2n) is 3.70. The molecule has 0 spiro atoms. The van der Waals surface area contributed by atoms with E-state index in [9.17, 15) is 14.9 Å². The first-order valence-corrected chi connectivity index (χ1v) is 6.85. The highest BCUT2D eigenvalue weighted by Gasteiger charge is 2.20. The van der Waals surface area contributed by atoms with Gasteiger partial charge in [0.1, 0.15) is 0 Å². The van der Waals surface area contributed by atoms with Crippen molar-refractivity contribution in [3.05, 3.63) is 32.3 Å². The number of halogens is 2. The van der Waals surface area contributed by atoms with Crippen molar-refractivity contribution in [2.75, 3.05) is 7.11 Å². The third-order valence-corrected chi connectivity index (χ3v) is 4.08. The highest BCUT2D eigenvalue weighted by Crippen LogP contribution is 2.38. The van der Waals surface area contributed by atoms with Crippen LogP contribution < -0.4 is 0 Å². The second-order valence-corrected chi connectivity index (χ2v) is 5.99. The zero-order chi connectivity index (χ0) is 14.6. The topological polar surface area (TPSA) is 69.4 Å². The molecule has 0 amide bonds. The number of esters is 1. The van der Waals surface area contributed by atoms with E-state index in [0.717, 1.165) is 0 Å². The average molecular weight is 324 g/mol. The normalized spacial score (nSPS) is 12.0. The van der Waals surface area contributed by atoms with Crippen molar-refractivity contribution in [1.82, 2.24) is 0 Å². The van der Waals surface area contributed by atoms with E-state index in [2.05, 4.69) is 4.74 Å². The number of thioether (sulfide) groups is 1. The third kappa shape index (κ3) is 4.56. The highest BCUT2D eigenvalue weighted by molar-refractivity contribution is 8.00. The molecule has 104 valence electrons. The van der Waals surface area contributed by atoms with Crippen molar-refractivity contribution < 1.29 is 14.5 Å². The Bertz CT molecular complexity index is 510. The van der Waals surface area contributed by atoms with Gasteiger partial charge in [0.15, 0.2) is 0 Å². The van der Waals surface area contributed by atoms with Gasteiger partial charge in [-0.05, 0) is 6.07 Å². The minimum atomic E-state index is -0.532. The van der Waals surface area contributed by atoms with Gasteiger partial charge in [0.05, 0.1) is 33.4 Å². The predicted molar refractivity (Wildman–Crippen MR) is 75.1 cm³/mol. The van der Waals surface area contributed by atoms with Crippen LogP contribution in [0.1, 0.15) is 13.3 Å². The number of hydrogen-bond acceptors (Lipinski definition) is 5. The first-order chi connectivity index (χ1) is 8.85. The minimum absolute atomic E-state index is 0.123. The molecule has 0 heterocycles. The van der Waals surface area contributed by atoms with Crippen molar-refractivity contribution in [3.63, 3.8) is 0 Å². The van der Waals surface area contributed by atoms with E-state index in [1.807, 2.05) is 0 Å². The molecule has 1 unspecified atom stereocenters. The molecule has 0 aliphatic heterocycles. The van der Waals surface area contributed by atoms with Gasteiger partial charge in [-0.2, -0.15) is 0 Å². The molecule has 0 fully saturated rings. The van der Waals surface area contributed by atoms with Crippen molar-refractivity contribution in [3.8, 4) is 0 Å². The summed E-state index contributed by atoms with van der Waals surface area (Å²) in [6, 6.07) is 2.64. The lowest BCUT2D eigenvalue weighted by Gasteiger charge is -2.10. The fraction of sp³-hybridized carbons (Fsp3) is 0.364. The second kappa shape index (κ2) is 6.98. The molecule has 0 radical (unpaired) electrons.